The Morgan fingerprint density at radius 1 is 1.52 bits per heavy atom. The lowest BCUT2D eigenvalue weighted by Gasteiger charge is -2.14. The maximum atomic E-state index is 11.7. The molecule has 0 fully saturated rings. The number of hydrogen-bond acceptors (Lipinski definition) is 3. The monoisotopic (exact) mass is 289 g/mol. The Balaban J connectivity index is 1.63. The van der Waals surface area contributed by atoms with Gasteiger partial charge in [-0.3, -0.25) is 4.79 Å². The van der Waals surface area contributed by atoms with E-state index in [-0.39, 0.29) is 19.1 Å². The molecular weight excluding hydrogens is 266 g/mol. The summed E-state index contributed by atoms with van der Waals surface area (Å²) in [4.78, 5) is 11.7. The highest BCUT2D eigenvalue weighted by molar-refractivity contribution is 5.76. The Morgan fingerprint density at radius 2 is 2.38 bits per heavy atom. The first-order chi connectivity index (χ1) is 10.1. The molecule has 1 amide bonds. The van der Waals surface area contributed by atoms with Crippen LogP contribution in [-0.2, 0) is 4.79 Å². The molecule has 1 aliphatic carbocycles. The van der Waals surface area contributed by atoms with Crippen LogP contribution in [0.3, 0.4) is 0 Å². The number of nitrogens with one attached hydrogen (secondary N) is 1. The second kappa shape index (κ2) is 7.84. The highest BCUT2D eigenvalue weighted by atomic mass is 16.5. The van der Waals surface area contributed by atoms with Gasteiger partial charge in [-0.2, -0.15) is 0 Å². The molecule has 114 valence electrons. The molecule has 0 saturated heterocycles. The second-order valence-electron chi connectivity index (χ2n) is 5.56. The van der Waals surface area contributed by atoms with E-state index in [1.165, 1.54) is 0 Å². The van der Waals surface area contributed by atoms with Crippen molar-refractivity contribution in [3.8, 4) is 5.75 Å². The van der Waals surface area contributed by atoms with Gasteiger partial charge in [-0.15, -0.1) is 0 Å². The molecule has 0 aromatic heterocycles. The standard InChI is InChI=1S/C17H23NO3/c1-13-5-4-8-16(9-13)21-12-15(19)11-18-17(20)10-14-6-2-3-7-14/h2,4-6,8-9,14-15,19H,3,7,10-12H2,1H3,(H,18,20). The number of rotatable bonds is 7. The van der Waals surface area contributed by atoms with E-state index in [4.69, 9.17) is 4.74 Å². The minimum absolute atomic E-state index is 0.0128. The van der Waals surface area contributed by atoms with Gasteiger partial charge in [0, 0.05) is 13.0 Å². The Bertz CT molecular complexity index is 499. The minimum Gasteiger partial charge on any atom is -0.491 e. The lowest BCUT2D eigenvalue weighted by atomic mass is 10.1. The average Bonchev–Trinajstić information content (AvgIpc) is 2.96. The summed E-state index contributed by atoms with van der Waals surface area (Å²) in [5, 5.41) is 12.6. The Morgan fingerprint density at radius 3 is 3.10 bits per heavy atom. The van der Waals surface area contributed by atoms with Gasteiger partial charge < -0.3 is 15.2 Å². The molecular formula is C17H23NO3. The van der Waals surface area contributed by atoms with Crippen molar-refractivity contribution in [2.45, 2.75) is 32.3 Å². The van der Waals surface area contributed by atoms with Crippen molar-refractivity contribution in [2.24, 2.45) is 5.92 Å². The van der Waals surface area contributed by atoms with Gasteiger partial charge in [0.1, 0.15) is 18.5 Å². The minimum atomic E-state index is -0.700. The van der Waals surface area contributed by atoms with Gasteiger partial charge in [0.15, 0.2) is 0 Å². The fourth-order valence-corrected chi connectivity index (χ4v) is 2.36. The summed E-state index contributed by atoms with van der Waals surface area (Å²) in [6.45, 7) is 2.38. The van der Waals surface area contributed by atoms with Gasteiger partial charge >= 0.3 is 0 Å². The van der Waals surface area contributed by atoms with E-state index in [1.54, 1.807) is 0 Å². The van der Waals surface area contributed by atoms with Crippen LogP contribution in [0.15, 0.2) is 36.4 Å². The number of amides is 1. The van der Waals surface area contributed by atoms with Crippen LogP contribution >= 0.6 is 0 Å². The van der Waals surface area contributed by atoms with Crippen LogP contribution in [-0.4, -0.2) is 30.3 Å². The second-order valence-corrected chi connectivity index (χ2v) is 5.56. The van der Waals surface area contributed by atoms with E-state index in [0.717, 1.165) is 24.2 Å². The maximum Gasteiger partial charge on any atom is 0.220 e. The van der Waals surface area contributed by atoms with Crippen molar-refractivity contribution in [3.63, 3.8) is 0 Å². The number of ether oxygens (including phenoxy) is 1. The Labute approximate surface area is 125 Å². The van der Waals surface area contributed by atoms with Crippen LogP contribution in [0, 0.1) is 12.8 Å². The zero-order valence-corrected chi connectivity index (χ0v) is 12.4. The normalized spacial score (nSPS) is 18.5. The number of aliphatic hydroxyl groups excluding tert-OH is 1. The van der Waals surface area contributed by atoms with Crippen LogP contribution in [0.4, 0.5) is 0 Å². The molecule has 0 spiro atoms. The van der Waals surface area contributed by atoms with E-state index in [9.17, 15) is 9.90 Å². The lowest BCUT2D eigenvalue weighted by molar-refractivity contribution is -0.122. The third kappa shape index (κ3) is 5.60. The average molecular weight is 289 g/mol. The fourth-order valence-electron chi connectivity index (χ4n) is 2.36. The number of hydrogen-bond donors (Lipinski definition) is 2. The zero-order chi connectivity index (χ0) is 15.1. The largest absolute Gasteiger partial charge is 0.491 e. The van der Waals surface area contributed by atoms with E-state index in [2.05, 4.69) is 17.5 Å². The van der Waals surface area contributed by atoms with Crippen molar-refractivity contribution in [1.82, 2.24) is 5.32 Å². The molecule has 2 rings (SSSR count). The van der Waals surface area contributed by atoms with Crippen LogP contribution < -0.4 is 10.1 Å². The van der Waals surface area contributed by atoms with Gasteiger partial charge in [0.2, 0.25) is 5.91 Å². The van der Waals surface area contributed by atoms with Crippen molar-refractivity contribution in [3.05, 3.63) is 42.0 Å². The first-order valence-electron chi connectivity index (χ1n) is 7.44. The predicted octanol–water partition coefficient (Wildman–Crippen LogP) is 2.21. The molecule has 2 unspecified atom stereocenters. The van der Waals surface area contributed by atoms with Crippen LogP contribution in [0.25, 0.3) is 0 Å². The molecule has 0 aliphatic heterocycles. The Kier molecular flexibility index (Phi) is 5.81. The number of aryl methyl sites for hydroxylation is 1. The highest BCUT2D eigenvalue weighted by Gasteiger charge is 2.14. The highest BCUT2D eigenvalue weighted by Crippen LogP contribution is 2.19. The van der Waals surface area contributed by atoms with Crippen LogP contribution in [0.5, 0.6) is 5.75 Å². The van der Waals surface area contributed by atoms with Gasteiger partial charge in [-0.1, -0.05) is 24.3 Å². The summed E-state index contributed by atoms with van der Waals surface area (Å²) < 4.78 is 5.50. The molecule has 1 aliphatic rings. The molecule has 0 saturated carbocycles. The van der Waals surface area contributed by atoms with Crippen LogP contribution in [0.1, 0.15) is 24.8 Å². The summed E-state index contributed by atoms with van der Waals surface area (Å²) >= 11 is 0. The number of benzene rings is 1. The van der Waals surface area contributed by atoms with Crippen molar-refractivity contribution in [2.75, 3.05) is 13.2 Å². The number of aliphatic hydroxyl groups is 1. The van der Waals surface area contributed by atoms with E-state index >= 15 is 0 Å². The van der Waals surface area contributed by atoms with Crippen molar-refractivity contribution >= 4 is 5.91 Å². The topological polar surface area (TPSA) is 58.6 Å². The number of allylic oxidation sites excluding steroid dienone is 2. The van der Waals surface area contributed by atoms with E-state index in [0.29, 0.717) is 12.3 Å². The SMILES string of the molecule is Cc1cccc(OCC(O)CNC(=O)CC2C=CCC2)c1. The molecule has 4 nitrogen and oxygen atoms in total. The summed E-state index contributed by atoms with van der Waals surface area (Å²) in [6, 6.07) is 7.66. The summed E-state index contributed by atoms with van der Waals surface area (Å²) in [5.74, 6) is 1.07. The molecule has 2 atom stereocenters. The fraction of sp³-hybridized carbons (Fsp3) is 0.471. The first kappa shape index (κ1) is 15.6. The molecule has 21 heavy (non-hydrogen) atoms. The molecule has 4 heteroatoms. The molecule has 2 N–H and O–H groups in total. The number of carbonyl (C=O) groups excluding carboxylic acids is 1. The quantitative estimate of drug-likeness (QED) is 0.757. The first-order valence-corrected chi connectivity index (χ1v) is 7.44. The van der Waals surface area contributed by atoms with Gasteiger partial charge in [0.25, 0.3) is 0 Å². The lowest BCUT2D eigenvalue weighted by Crippen LogP contribution is -2.35. The molecule has 1 aromatic carbocycles. The van der Waals surface area contributed by atoms with Crippen LogP contribution in [0.2, 0.25) is 0 Å². The van der Waals surface area contributed by atoms with Crippen molar-refractivity contribution < 1.29 is 14.6 Å². The van der Waals surface area contributed by atoms with Gasteiger partial charge in [-0.25, -0.2) is 0 Å². The van der Waals surface area contributed by atoms with E-state index < -0.39 is 6.10 Å². The van der Waals surface area contributed by atoms with Crippen molar-refractivity contribution in [1.29, 1.82) is 0 Å². The third-order valence-corrected chi connectivity index (χ3v) is 3.53. The number of carbonyl (C=O) groups is 1. The summed E-state index contributed by atoms with van der Waals surface area (Å²) in [7, 11) is 0. The molecule has 0 bridgehead atoms. The summed E-state index contributed by atoms with van der Waals surface area (Å²) in [5.41, 5.74) is 1.11. The Hall–Kier alpha value is -1.81. The molecule has 0 radical (unpaired) electrons. The predicted molar refractivity (Wildman–Crippen MR) is 82.2 cm³/mol. The van der Waals surface area contributed by atoms with Gasteiger partial charge in [0.05, 0.1) is 0 Å². The van der Waals surface area contributed by atoms with E-state index in [1.807, 2.05) is 31.2 Å². The molecule has 1 aromatic rings. The summed E-state index contributed by atoms with van der Waals surface area (Å²) in [6.07, 6.45) is 6.12. The molecule has 0 heterocycles. The zero-order valence-electron chi connectivity index (χ0n) is 12.4. The maximum absolute atomic E-state index is 11.7. The smallest absolute Gasteiger partial charge is 0.220 e. The third-order valence-electron chi connectivity index (χ3n) is 3.53. The van der Waals surface area contributed by atoms with Gasteiger partial charge in [-0.05, 0) is 43.4 Å².